The second kappa shape index (κ2) is 6.06. The highest BCUT2D eigenvalue weighted by Crippen LogP contribution is 2.22. The van der Waals surface area contributed by atoms with Crippen molar-refractivity contribution < 1.29 is 0 Å². The van der Waals surface area contributed by atoms with Crippen LogP contribution in [0.15, 0.2) is 41.0 Å². The summed E-state index contributed by atoms with van der Waals surface area (Å²) in [6.45, 7) is 5.98. The number of nitrogen functional groups attached to an aromatic ring is 1. The minimum absolute atomic E-state index is 0.796. The first kappa shape index (κ1) is 13.9. The van der Waals surface area contributed by atoms with Gasteiger partial charge < -0.3 is 10.6 Å². The lowest BCUT2D eigenvalue weighted by Crippen LogP contribution is -2.23. The van der Waals surface area contributed by atoms with Gasteiger partial charge in [-0.2, -0.15) is 0 Å². The number of nitrogens with two attached hydrogens (primary N) is 1. The molecule has 0 saturated carbocycles. The molecular weight excluding hydrogens is 302 g/mol. The first-order chi connectivity index (χ1) is 9.10. The van der Waals surface area contributed by atoms with Gasteiger partial charge in [-0.05, 0) is 59.1 Å². The molecule has 0 fully saturated rings. The number of hydrogen-bond donors (Lipinski definition) is 1. The molecule has 0 radical (unpaired) electrons. The number of benzene rings is 1. The molecule has 1 aromatic heterocycles. The zero-order valence-electron chi connectivity index (χ0n) is 11.2. The summed E-state index contributed by atoms with van der Waals surface area (Å²) in [6, 6.07) is 10.1. The summed E-state index contributed by atoms with van der Waals surface area (Å²) in [4.78, 5) is 6.77. The van der Waals surface area contributed by atoms with E-state index in [1.54, 1.807) is 0 Å². The number of aromatic nitrogens is 1. The zero-order valence-corrected chi connectivity index (χ0v) is 12.8. The average Bonchev–Trinajstić information content (AvgIpc) is 2.39. The Morgan fingerprint density at radius 2 is 1.95 bits per heavy atom. The van der Waals surface area contributed by atoms with Crippen LogP contribution in [0, 0.1) is 6.92 Å². The maximum absolute atomic E-state index is 5.71. The predicted octanol–water partition coefficient (Wildman–Crippen LogP) is 3.76. The normalized spacial score (nSPS) is 10.5. The fourth-order valence-corrected chi connectivity index (χ4v) is 2.49. The fraction of sp³-hybridized carbons (Fsp3) is 0.267. The van der Waals surface area contributed by atoms with Crippen LogP contribution in [-0.2, 0) is 6.54 Å². The number of hydrogen-bond acceptors (Lipinski definition) is 3. The van der Waals surface area contributed by atoms with E-state index in [1.807, 2.05) is 18.3 Å². The first-order valence-corrected chi connectivity index (χ1v) is 7.11. The number of pyridine rings is 1. The van der Waals surface area contributed by atoms with Crippen molar-refractivity contribution >= 4 is 27.4 Å². The monoisotopic (exact) mass is 319 g/mol. The van der Waals surface area contributed by atoms with E-state index in [-0.39, 0.29) is 0 Å². The quantitative estimate of drug-likeness (QED) is 0.872. The van der Waals surface area contributed by atoms with Crippen molar-refractivity contribution in [2.75, 3.05) is 17.2 Å². The molecule has 0 bridgehead atoms. The predicted molar refractivity (Wildman–Crippen MR) is 84.3 cm³/mol. The number of anilines is 2. The van der Waals surface area contributed by atoms with E-state index in [9.17, 15) is 0 Å². The summed E-state index contributed by atoms with van der Waals surface area (Å²) in [5, 5.41) is 0. The molecule has 2 rings (SSSR count). The maximum atomic E-state index is 5.71. The lowest BCUT2D eigenvalue weighted by Gasteiger charge is -2.24. The van der Waals surface area contributed by atoms with Crippen LogP contribution in [0.25, 0.3) is 0 Å². The molecular formula is C15H18BrN3. The second-order valence-corrected chi connectivity index (χ2v) is 5.47. The summed E-state index contributed by atoms with van der Waals surface area (Å²) < 4.78 is 1.01. The summed E-state index contributed by atoms with van der Waals surface area (Å²) in [6.07, 6.45) is 1.84. The SMILES string of the molecule is CCN(Cc1ccc(N)cc1)c1ncc(Br)cc1C. The van der Waals surface area contributed by atoms with Crippen LogP contribution >= 0.6 is 15.9 Å². The molecule has 19 heavy (non-hydrogen) atoms. The molecule has 0 aliphatic rings. The zero-order chi connectivity index (χ0) is 13.8. The van der Waals surface area contributed by atoms with Crippen molar-refractivity contribution in [3.8, 4) is 0 Å². The van der Waals surface area contributed by atoms with Gasteiger partial charge in [0.05, 0.1) is 0 Å². The number of rotatable bonds is 4. The minimum Gasteiger partial charge on any atom is -0.399 e. The van der Waals surface area contributed by atoms with E-state index in [1.165, 1.54) is 11.1 Å². The Bertz CT molecular complexity index is 552. The van der Waals surface area contributed by atoms with Gasteiger partial charge in [-0.1, -0.05) is 12.1 Å². The topological polar surface area (TPSA) is 42.1 Å². The highest BCUT2D eigenvalue weighted by atomic mass is 79.9. The molecule has 2 N–H and O–H groups in total. The average molecular weight is 320 g/mol. The van der Waals surface area contributed by atoms with Crippen LogP contribution in [-0.4, -0.2) is 11.5 Å². The van der Waals surface area contributed by atoms with Crippen LogP contribution in [0.5, 0.6) is 0 Å². The lowest BCUT2D eigenvalue weighted by atomic mass is 10.2. The van der Waals surface area contributed by atoms with Crippen molar-refractivity contribution in [1.29, 1.82) is 0 Å². The van der Waals surface area contributed by atoms with Gasteiger partial charge in [0.1, 0.15) is 5.82 Å². The van der Waals surface area contributed by atoms with E-state index in [0.717, 1.165) is 29.1 Å². The highest BCUT2D eigenvalue weighted by molar-refractivity contribution is 9.10. The van der Waals surface area contributed by atoms with Crippen LogP contribution in [0.4, 0.5) is 11.5 Å². The minimum atomic E-state index is 0.796. The number of nitrogens with zero attached hydrogens (tertiary/aromatic N) is 2. The van der Waals surface area contributed by atoms with Gasteiger partial charge in [0.2, 0.25) is 0 Å². The van der Waals surface area contributed by atoms with Gasteiger partial charge in [-0.3, -0.25) is 0 Å². The van der Waals surface area contributed by atoms with E-state index in [2.05, 4.69) is 57.9 Å². The smallest absolute Gasteiger partial charge is 0.131 e. The standard InChI is InChI=1S/C15H18BrN3/c1-3-19(10-12-4-6-14(17)7-5-12)15-11(2)8-13(16)9-18-15/h4-9H,3,10,17H2,1-2H3. The number of aryl methyl sites for hydroxylation is 1. The third kappa shape index (κ3) is 3.47. The van der Waals surface area contributed by atoms with Crippen LogP contribution < -0.4 is 10.6 Å². The van der Waals surface area contributed by atoms with Crippen molar-refractivity contribution in [2.24, 2.45) is 0 Å². The first-order valence-electron chi connectivity index (χ1n) is 6.31. The van der Waals surface area contributed by atoms with E-state index in [0.29, 0.717) is 0 Å². The third-order valence-electron chi connectivity index (χ3n) is 3.05. The molecule has 1 aromatic carbocycles. The molecule has 0 amide bonds. The Kier molecular flexibility index (Phi) is 4.43. The maximum Gasteiger partial charge on any atom is 0.131 e. The van der Waals surface area contributed by atoms with E-state index >= 15 is 0 Å². The molecule has 0 unspecified atom stereocenters. The summed E-state index contributed by atoms with van der Waals surface area (Å²) in [5.74, 6) is 1.03. The highest BCUT2D eigenvalue weighted by Gasteiger charge is 2.10. The van der Waals surface area contributed by atoms with Crippen LogP contribution in [0.2, 0.25) is 0 Å². The number of halogens is 1. The molecule has 4 heteroatoms. The fourth-order valence-electron chi connectivity index (χ4n) is 2.04. The van der Waals surface area contributed by atoms with Gasteiger partial charge in [-0.25, -0.2) is 4.98 Å². The molecule has 3 nitrogen and oxygen atoms in total. The molecule has 2 aromatic rings. The Morgan fingerprint density at radius 1 is 1.26 bits per heavy atom. The molecule has 0 spiro atoms. The molecule has 0 aliphatic carbocycles. The molecule has 0 saturated heterocycles. The molecule has 1 heterocycles. The largest absolute Gasteiger partial charge is 0.399 e. The summed E-state index contributed by atoms with van der Waals surface area (Å²) >= 11 is 3.45. The Morgan fingerprint density at radius 3 is 2.53 bits per heavy atom. The van der Waals surface area contributed by atoms with E-state index < -0.39 is 0 Å². The van der Waals surface area contributed by atoms with Gasteiger partial charge >= 0.3 is 0 Å². The van der Waals surface area contributed by atoms with Gasteiger partial charge in [-0.15, -0.1) is 0 Å². The molecule has 0 aliphatic heterocycles. The summed E-state index contributed by atoms with van der Waals surface area (Å²) in [7, 11) is 0. The van der Waals surface area contributed by atoms with Crippen LogP contribution in [0.3, 0.4) is 0 Å². The van der Waals surface area contributed by atoms with Crippen molar-refractivity contribution in [2.45, 2.75) is 20.4 Å². The second-order valence-electron chi connectivity index (χ2n) is 4.55. The van der Waals surface area contributed by atoms with Crippen molar-refractivity contribution in [1.82, 2.24) is 4.98 Å². The Labute approximate surface area is 122 Å². The Balaban J connectivity index is 2.22. The van der Waals surface area contributed by atoms with Gasteiger partial charge in [0.25, 0.3) is 0 Å². The van der Waals surface area contributed by atoms with Gasteiger partial charge in [0.15, 0.2) is 0 Å². The Hall–Kier alpha value is -1.55. The molecule has 100 valence electrons. The van der Waals surface area contributed by atoms with Gasteiger partial charge in [0, 0.05) is 29.4 Å². The van der Waals surface area contributed by atoms with Crippen molar-refractivity contribution in [3.63, 3.8) is 0 Å². The van der Waals surface area contributed by atoms with Crippen LogP contribution in [0.1, 0.15) is 18.1 Å². The third-order valence-corrected chi connectivity index (χ3v) is 3.49. The lowest BCUT2D eigenvalue weighted by molar-refractivity contribution is 0.808. The van der Waals surface area contributed by atoms with Crippen molar-refractivity contribution in [3.05, 3.63) is 52.1 Å². The van der Waals surface area contributed by atoms with E-state index in [4.69, 9.17) is 5.73 Å². The molecule has 0 atom stereocenters. The summed E-state index contributed by atoms with van der Waals surface area (Å²) in [5.41, 5.74) is 8.92.